The molecule has 88 valence electrons. The molecule has 0 saturated heterocycles. The van der Waals surface area contributed by atoms with Crippen LogP contribution in [-0.2, 0) is 11.2 Å². The number of nitrogens with one attached hydrogen (secondary N) is 1. The molecular weight excluding hydrogens is 202 g/mol. The van der Waals surface area contributed by atoms with Crippen molar-refractivity contribution in [2.24, 2.45) is 5.73 Å². The largest absolute Gasteiger partial charge is 0.354 e. The highest BCUT2D eigenvalue weighted by atomic mass is 16.1. The van der Waals surface area contributed by atoms with E-state index in [0.29, 0.717) is 13.0 Å². The van der Waals surface area contributed by atoms with E-state index in [2.05, 4.69) is 10.3 Å². The van der Waals surface area contributed by atoms with Gasteiger partial charge in [0.2, 0.25) is 5.91 Å². The van der Waals surface area contributed by atoms with Gasteiger partial charge in [-0.25, -0.2) is 0 Å². The average molecular weight is 221 g/mol. The van der Waals surface area contributed by atoms with E-state index in [1.807, 2.05) is 26.0 Å². The van der Waals surface area contributed by atoms with E-state index < -0.39 is 0 Å². The lowest BCUT2D eigenvalue weighted by Crippen LogP contribution is -2.37. The second-order valence-electron chi connectivity index (χ2n) is 3.92. The Hall–Kier alpha value is -1.42. The Morgan fingerprint density at radius 2 is 2.38 bits per heavy atom. The molecule has 1 atom stereocenters. The molecule has 0 aliphatic carbocycles. The smallest absolute Gasteiger partial charge is 0.226 e. The Morgan fingerprint density at radius 1 is 1.62 bits per heavy atom. The second kappa shape index (κ2) is 6.23. The van der Waals surface area contributed by atoms with E-state index in [9.17, 15) is 4.79 Å². The van der Waals surface area contributed by atoms with Crippen molar-refractivity contribution in [3.05, 3.63) is 29.6 Å². The van der Waals surface area contributed by atoms with Crippen LogP contribution in [0.1, 0.15) is 24.6 Å². The number of amides is 1. The van der Waals surface area contributed by atoms with Gasteiger partial charge in [0.15, 0.2) is 0 Å². The number of nitrogens with zero attached hydrogens (tertiary/aromatic N) is 1. The summed E-state index contributed by atoms with van der Waals surface area (Å²) in [6.45, 7) is 4.48. The van der Waals surface area contributed by atoms with E-state index in [-0.39, 0.29) is 11.9 Å². The first-order valence-electron chi connectivity index (χ1n) is 5.56. The van der Waals surface area contributed by atoms with Gasteiger partial charge in [0, 0.05) is 18.8 Å². The molecular formula is C12H19N3O. The van der Waals surface area contributed by atoms with Crippen molar-refractivity contribution in [1.29, 1.82) is 0 Å². The number of rotatable bonds is 5. The van der Waals surface area contributed by atoms with Crippen molar-refractivity contribution < 1.29 is 4.79 Å². The highest BCUT2D eigenvalue weighted by Gasteiger charge is 2.07. The van der Waals surface area contributed by atoms with Crippen molar-refractivity contribution in [2.75, 3.05) is 6.54 Å². The highest BCUT2D eigenvalue weighted by molar-refractivity contribution is 5.78. The number of aryl methyl sites for hydroxylation is 1. The van der Waals surface area contributed by atoms with Crippen molar-refractivity contribution in [3.63, 3.8) is 0 Å². The fourth-order valence-electron chi connectivity index (χ4n) is 1.31. The normalized spacial score (nSPS) is 12.2. The SMILES string of the molecule is CCC(N)CNC(=O)Cc1ncccc1C. The molecule has 1 amide bonds. The molecule has 0 aromatic carbocycles. The van der Waals surface area contributed by atoms with Crippen LogP contribution in [0.4, 0.5) is 0 Å². The lowest BCUT2D eigenvalue weighted by atomic mass is 10.1. The molecule has 1 aromatic heterocycles. The third kappa shape index (κ3) is 3.98. The third-order valence-corrected chi connectivity index (χ3v) is 2.53. The van der Waals surface area contributed by atoms with Crippen molar-refractivity contribution >= 4 is 5.91 Å². The summed E-state index contributed by atoms with van der Waals surface area (Å²) >= 11 is 0. The number of carbonyl (C=O) groups excluding carboxylic acids is 1. The van der Waals surface area contributed by atoms with Crippen molar-refractivity contribution in [3.8, 4) is 0 Å². The first-order valence-corrected chi connectivity index (χ1v) is 5.56. The maximum absolute atomic E-state index is 11.6. The minimum atomic E-state index is -0.0225. The summed E-state index contributed by atoms with van der Waals surface area (Å²) in [5, 5.41) is 2.81. The Morgan fingerprint density at radius 3 is 3.00 bits per heavy atom. The van der Waals surface area contributed by atoms with Gasteiger partial charge in [-0.2, -0.15) is 0 Å². The molecule has 0 bridgehead atoms. The molecule has 1 heterocycles. The summed E-state index contributed by atoms with van der Waals surface area (Å²) in [5.41, 5.74) is 7.58. The van der Waals surface area contributed by atoms with Gasteiger partial charge in [0.05, 0.1) is 12.1 Å². The van der Waals surface area contributed by atoms with Crippen LogP contribution in [0, 0.1) is 6.92 Å². The van der Waals surface area contributed by atoms with Crippen LogP contribution in [-0.4, -0.2) is 23.5 Å². The Balaban J connectivity index is 2.43. The quantitative estimate of drug-likeness (QED) is 0.772. The summed E-state index contributed by atoms with van der Waals surface area (Å²) in [6, 6.07) is 3.85. The molecule has 0 spiro atoms. The Kier molecular flexibility index (Phi) is 4.92. The van der Waals surface area contributed by atoms with E-state index in [1.165, 1.54) is 0 Å². The average Bonchev–Trinajstić information content (AvgIpc) is 2.29. The summed E-state index contributed by atoms with van der Waals surface area (Å²) in [7, 11) is 0. The number of pyridine rings is 1. The molecule has 0 saturated carbocycles. The van der Waals surface area contributed by atoms with Crippen molar-refractivity contribution in [2.45, 2.75) is 32.7 Å². The van der Waals surface area contributed by atoms with E-state index >= 15 is 0 Å². The fraction of sp³-hybridized carbons (Fsp3) is 0.500. The molecule has 4 heteroatoms. The molecule has 0 radical (unpaired) electrons. The molecule has 0 aliphatic heterocycles. The van der Waals surface area contributed by atoms with Gasteiger partial charge in [0.1, 0.15) is 0 Å². The van der Waals surface area contributed by atoms with E-state index in [0.717, 1.165) is 17.7 Å². The highest BCUT2D eigenvalue weighted by Crippen LogP contribution is 2.03. The molecule has 1 aromatic rings. The first kappa shape index (κ1) is 12.6. The molecule has 0 aliphatic rings. The summed E-state index contributed by atoms with van der Waals surface area (Å²) in [4.78, 5) is 15.8. The minimum Gasteiger partial charge on any atom is -0.354 e. The molecule has 3 N–H and O–H groups in total. The summed E-state index contributed by atoms with van der Waals surface area (Å²) in [5.74, 6) is -0.0225. The molecule has 4 nitrogen and oxygen atoms in total. The minimum absolute atomic E-state index is 0.0225. The summed E-state index contributed by atoms with van der Waals surface area (Å²) < 4.78 is 0. The predicted molar refractivity (Wildman–Crippen MR) is 64.0 cm³/mol. The Labute approximate surface area is 96.3 Å². The zero-order valence-electron chi connectivity index (χ0n) is 9.86. The van der Waals surface area contributed by atoms with E-state index in [4.69, 9.17) is 5.73 Å². The second-order valence-corrected chi connectivity index (χ2v) is 3.92. The van der Waals surface area contributed by atoms with Gasteiger partial charge in [-0.05, 0) is 25.0 Å². The van der Waals surface area contributed by atoms with Gasteiger partial charge >= 0.3 is 0 Å². The lowest BCUT2D eigenvalue weighted by molar-refractivity contribution is -0.120. The van der Waals surface area contributed by atoms with Gasteiger partial charge in [-0.3, -0.25) is 9.78 Å². The van der Waals surface area contributed by atoms with Crippen LogP contribution in [0.2, 0.25) is 0 Å². The predicted octanol–water partition coefficient (Wildman–Crippen LogP) is 0.786. The molecule has 0 fully saturated rings. The van der Waals surface area contributed by atoms with Crippen LogP contribution >= 0.6 is 0 Å². The van der Waals surface area contributed by atoms with Crippen LogP contribution in [0.3, 0.4) is 0 Å². The Bertz CT molecular complexity index is 352. The maximum atomic E-state index is 11.6. The third-order valence-electron chi connectivity index (χ3n) is 2.53. The van der Waals surface area contributed by atoms with Gasteiger partial charge < -0.3 is 11.1 Å². The van der Waals surface area contributed by atoms with Gasteiger partial charge in [-0.1, -0.05) is 13.0 Å². The first-order chi connectivity index (χ1) is 7.63. The van der Waals surface area contributed by atoms with Gasteiger partial charge in [-0.15, -0.1) is 0 Å². The van der Waals surface area contributed by atoms with Crippen LogP contribution in [0.25, 0.3) is 0 Å². The van der Waals surface area contributed by atoms with Crippen LogP contribution in [0.15, 0.2) is 18.3 Å². The number of nitrogens with two attached hydrogens (primary N) is 1. The standard InChI is InChI=1S/C12H19N3O/c1-3-10(13)8-15-12(16)7-11-9(2)5-4-6-14-11/h4-6,10H,3,7-8,13H2,1-2H3,(H,15,16). The monoisotopic (exact) mass is 221 g/mol. The maximum Gasteiger partial charge on any atom is 0.226 e. The zero-order valence-corrected chi connectivity index (χ0v) is 9.86. The lowest BCUT2D eigenvalue weighted by Gasteiger charge is -2.10. The number of hydrogen-bond donors (Lipinski definition) is 2. The zero-order chi connectivity index (χ0) is 12.0. The number of aromatic nitrogens is 1. The van der Waals surface area contributed by atoms with Crippen LogP contribution in [0.5, 0.6) is 0 Å². The van der Waals surface area contributed by atoms with Gasteiger partial charge in [0.25, 0.3) is 0 Å². The van der Waals surface area contributed by atoms with E-state index in [1.54, 1.807) is 6.20 Å². The summed E-state index contributed by atoms with van der Waals surface area (Å²) in [6.07, 6.45) is 2.89. The fourth-order valence-corrected chi connectivity index (χ4v) is 1.31. The molecule has 1 unspecified atom stereocenters. The number of hydrogen-bond acceptors (Lipinski definition) is 3. The molecule has 16 heavy (non-hydrogen) atoms. The van der Waals surface area contributed by atoms with Crippen LogP contribution < -0.4 is 11.1 Å². The van der Waals surface area contributed by atoms with Crippen molar-refractivity contribution in [1.82, 2.24) is 10.3 Å². The number of carbonyl (C=O) groups is 1. The molecule has 1 rings (SSSR count). The topological polar surface area (TPSA) is 68.0 Å².